The van der Waals surface area contributed by atoms with Gasteiger partial charge < -0.3 is 10.1 Å². The maximum atomic E-state index is 12.8. The van der Waals surface area contributed by atoms with Crippen molar-refractivity contribution in [1.82, 2.24) is 19.2 Å². The van der Waals surface area contributed by atoms with Crippen molar-refractivity contribution in [2.75, 3.05) is 0 Å². The lowest BCUT2D eigenvalue weighted by Gasteiger charge is -2.11. The summed E-state index contributed by atoms with van der Waals surface area (Å²) >= 11 is 0. The number of carbonyl (C=O) groups is 1. The van der Waals surface area contributed by atoms with Crippen LogP contribution in [-0.2, 0) is 13.0 Å². The highest BCUT2D eigenvalue weighted by molar-refractivity contribution is 5.96. The van der Waals surface area contributed by atoms with Crippen molar-refractivity contribution in [3.8, 4) is 0 Å². The number of imidazole rings is 1. The van der Waals surface area contributed by atoms with Crippen LogP contribution < -0.4 is 5.73 Å². The summed E-state index contributed by atoms with van der Waals surface area (Å²) in [6.07, 6.45) is 11.3. The number of Topliss-reactive ketones (excluding diaryl/α,β-unsaturated/α-hetero) is 1. The monoisotopic (exact) mass is 440 g/mol. The number of pyridine rings is 1. The summed E-state index contributed by atoms with van der Waals surface area (Å²) in [4.78, 5) is 17.5. The number of hydrogen-bond donors (Lipinski definition) is 2. The molecule has 0 aliphatic heterocycles. The molecular weight excluding hydrogens is 412 g/mol. The number of carbonyl (C=O) groups excluding carboxylic acids is 1. The summed E-state index contributed by atoms with van der Waals surface area (Å²) in [6.45, 7) is 4.53. The molecule has 0 spiro atoms. The summed E-state index contributed by atoms with van der Waals surface area (Å²) in [5.41, 5.74) is 13.4. The van der Waals surface area contributed by atoms with Crippen LogP contribution >= 0.6 is 0 Å². The standard InChI is InChI=1S/C26H28N6O/c1-16-9-20(26(27)28)10-17(2)23(16)6-7-24(33)21-11-29-32(13-21)15-22-14-31-12-19(18-3-4-18)5-8-25(31)30-22/h5,8-14,18H,3-4,6-7,15H2,1-2H3,(H3,27,28). The van der Waals surface area contributed by atoms with Gasteiger partial charge in [0.1, 0.15) is 11.5 Å². The molecule has 33 heavy (non-hydrogen) atoms. The van der Waals surface area contributed by atoms with Crippen LogP contribution in [0.4, 0.5) is 0 Å². The molecule has 1 fully saturated rings. The smallest absolute Gasteiger partial charge is 0.166 e. The van der Waals surface area contributed by atoms with E-state index in [4.69, 9.17) is 16.1 Å². The van der Waals surface area contributed by atoms with Crippen molar-refractivity contribution in [2.45, 2.75) is 52.0 Å². The van der Waals surface area contributed by atoms with Gasteiger partial charge in [-0.05, 0) is 79.5 Å². The second kappa shape index (κ2) is 8.31. The maximum Gasteiger partial charge on any atom is 0.166 e. The van der Waals surface area contributed by atoms with Crippen LogP contribution in [0.1, 0.15) is 69.0 Å². The Labute approximate surface area is 192 Å². The Morgan fingerprint density at radius 3 is 2.58 bits per heavy atom. The quantitative estimate of drug-likeness (QED) is 0.244. The van der Waals surface area contributed by atoms with Crippen molar-refractivity contribution in [2.24, 2.45) is 5.73 Å². The highest BCUT2D eigenvalue weighted by Crippen LogP contribution is 2.39. The fraction of sp³-hybridized carbons (Fsp3) is 0.308. The van der Waals surface area contributed by atoms with Gasteiger partial charge in [0.2, 0.25) is 0 Å². The number of nitrogens with zero attached hydrogens (tertiary/aromatic N) is 4. The van der Waals surface area contributed by atoms with Gasteiger partial charge in [-0.1, -0.05) is 6.07 Å². The number of amidine groups is 1. The fourth-order valence-electron chi connectivity index (χ4n) is 4.48. The first kappa shape index (κ1) is 21.1. The molecule has 5 rings (SSSR count). The van der Waals surface area contributed by atoms with E-state index in [0.717, 1.165) is 33.6 Å². The molecule has 4 aromatic rings. The van der Waals surface area contributed by atoms with Crippen molar-refractivity contribution in [1.29, 1.82) is 5.41 Å². The molecule has 1 aromatic carbocycles. The molecule has 0 atom stereocenters. The van der Waals surface area contributed by atoms with Crippen molar-refractivity contribution in [3.05, 3.63) is 88.1 Å². The molecule has 7 heteroatoms. The van der Waals surface area contributed by atoms with E-state index in [2.05, 4.69) is 27.8 Å². The minimum absolute atomic E-state index is 0.0604. The van der Waals surface area contributed by atoms with Crippen molar-refractivity contribution < 1.29 is 4.79 Å². The van der Waals surface area contributed by atoms with E-state index in [1.807, 2.05) is 32.2 Å². The van der Waals surface area contributed by atoms with Gasteiger partial charge in [-0.15, -0.1) is 0 Å². The van der Waals surface area contributed by atoms with Crippen LogP contribution in [0, 0.1) is 19.3 Å². The van der Waals surface area contributed by atoms with E-state index >= 15 is 0 Å². The average molecular weight is 441 g/mol. The molecule has 3 heterocycles. The summed E-state index contributed by atoms with van der Waals surface area (Å²) in [7, 11) is 0. The molecular formula is C26H28N6O. The minimum atomic E-state index is 0.0604. The normalized spacial score (nSPS) is 13.5. The molecule has 168 valence electrons. The Morgan fingerprint density at radius 1 is 1.12 bits per heavy atom. The van der Waals surface area contributed by atoms with Crippen molar-refractivity contribution in [3.63, 3.8) is 0 Å². The van der Waals surface area contributed by atoms with E-state index in [9.17, 15) is 4.79 Å². The molecule has 3 aromatic heterocycles. The number of nitrogens with two attached hydrogens (primary N) is 1. The lowest BCUT2D eigenvalue weighted by Crippen LogP contribution is -2.12. The molecule has 0 saturated heterocycles. The fourth-order valence-corrected chi connectivity index (χ4v) is 4.48. The van der Waals surface area contributed by atoms with Crippen LogP contribution in [0.3, 0.4) is 0 Å². The second-order valence-electron chi connectivity index (χ2n) is 9.09. The van der Waals surface area contributed by atoms with E-state index in [1.54, 1.807) is 17.1 Å². The van der Waals surface area contributed by atoms with Gasteiger partial charge >= 0.3 is 0 Å². The van der Waals surface area contributed by atoms with E-state index in [0.29, 0.717) is 30.9 Å². The number of nitrogens with one attached hydrogen (secondary N) is 1. The summed E-state index contributed by atoms with van der Waals surface area (Å²) in [6, 6.07) is 8.07. The van der Waals surface area contributed by atoms with Gasteiger partial charge in [0.05, 0.1) is 24.0 Å². The van der Waals surface area contributed by atoms with Crippen LogP contribution in [0.2, 0.25) is 0 Å². The largest absolute Gasteiger partial charge is 0.384 e. The van der Waals surface area contributed by atoms with Gasteiger partial charge in [0.25, 0.3) is 0 Å². The van der Waals surface area contributed by atoms with Gasteiger partial charge in [-0.25, -0.2) is 4.98 Å². The number of rotatable bonds is 8. The average Bonchev–Trinajstić information content (AvgIpc) is 3.39. The summed E-state index contributed by atoms with van der Waals surface area (Å²) < 4.78 is 3.86. The Hall–Kier alpha value is -3.74. The first-order valence-corrected chi connectivity index (χ1v) is 11.3. The molecule has 7 nitrogen and oxygen atoms in total. The van der Waals surface area contributed by atoms with Crippen LogP contribution in [0.25, 0.3) is 5.65 Å². The zero-order valence-corrected chi connectivity index (χ0v) is 19.0. The Balaban J connectivity index is 1.24. The van der Waals surface area contributed by atoms with Gasteiger partial charge in [-0.3, -0.25) is 14.9 Å². The number of aromatic nitrogens is 4. The second-order valence-corrected chi connectivity index (χ2v) is 9.09. The predicted octanol–water partition coefficient (Wildman–Crippen LogP) is 4.17. The molecule has 1 saturated carbocycles. The Bertz CT molecular complexity index is 1350. The molecule has 3 N–H and O–H groups in total. The lowest BCUT2D eigenvalue weighted by molar-refractivity contribution is 0.0982. The predicted molar refractivity (Wildman–Crippen MR) is 128 cm³/mol. The van der Waals surface area contributed by atoms with Gasteiger partial charge in [-0.2, -0.15) is 5.10 Å². The van der Waals surface area contributed by atoms with Crippen LogP contribution in [0.5, 0.6) is 0 Å². The molecule has 1 aliphatic rings. The van der Waals surface area contributed by atoms with Crippen molar-refractivity contribution >= 4 is 17.3 Å². The molecule has 0 unspecified atom stereocenters. The zero-order valence-electron chi connectivity index (χ0n) is 19.0. The number of ketones is 1. The minimum Gasteiger partial charge on any atom is -0.384 e. The lowest BCUT2D eigenvalue weighted by atomic mass is 9.94. The van der Waals surface area contributed by atoms with E-state index < -0.39 is 0 Å². The third kappa shape index (κ3) is 4.44. The van der Waals surface area contributed by atoms with Crippen LogP contribution in [-0.4, -0.2) is 30.8 Å². The Morgan fingerprint density at radius 2 is 1.88 bits per heavy atom. The number of aryl methyl sites for hydroxylation is 2. The summed E-state index contributed by atoms with van der Waals surface area (Å²) in [5, 5.41) is 12.0. The third-order valence-electron chi connectivity index (χ3n) is 6.46. The molecule has 0 bridgehead atoms. The Kier molecular flexibility index (Phi) is 5.32. The number of fused-ring (bicyclic) bond motifs is 1. The molecule has 0 amide bonds. The molecule has 0 radical (unpaired) electrons. The van der Waals surface area contributed by atoms with Crippen LogP contribution in [0.15, 0.2) is 49.1 Å². The first-order valence-electron chi connectivity index (χ1n) is 11.3. The first-order chi connectivity index (χ1) is 15.9. The SMILES string of the molecule is Cc1cc(C(=N)N)cc(C)c1CCC(=O)c1cnn(Cc2cn3cc(C4CC4)ccc3n2)c1. The van der Waals surface area contributed by atoms with E-state index in [-0.39, 0.29) is 11.6 Å². The third-order valence-corrected chi connectivity index (χ3v) is 6.46. The van der Waals surface area contributed by atoms with E-state index in [1.165, 1.54) is 18.4 Å². The number of nitrogen functional groups attached to an aromatic ring is 1. The molecule has 1 aliphatic carbocycles. The topological polar surface area (TPSA) is 102 Å². The number of benzene rings is 1. The summed E-state index contributed by atoms with van der Waals surface area (Å²) in [5.74, 6) is 0.838. The maximum absolute atomic E-state index is 12.8. The zero-order chi connectivity index (χ0) is 23.1. The number of hydrogen-bond acceptors (Lipinski definition) is 4. The van der Waals surface area contributed by atoms with Gasteiger partial charge in [0.15, 0.2) is 5.78 Å². The highest BCUT2D eigenvalue weighted by Gasteiger charge is 2.23. The highest BCUT2D eigenvalue weighted by atomic mass is 16.1. The van der Waals surface area contributed by atoms with Gasteiger partial charge in [0, 0.05) is 30.6 Å².